The molecule has 2 rings (SSSR count). The summed E-state index contributed by atoms with van der Waals surface area (Å²) in [4.78, 5) is 22.9. The number of nitrogens with zero attached hydrogens (tertiary/aromatic N) is 1. The van der Waals surface area contributed by atoms with Gasteiger partial charge in [0.15, 0.2) is 0 Å². The quantitative estimate of drug-likeness (QED) is 0.506. The first kappa shape index (κ1) is 8.00. The minimum atomic E-state index is -1.03. The largest absolute Gasteiger partial charge is 0.477 e. The van der Waals surface area contributed by atoms with Gasteiger partial charge in [0.2, 0.25) is 5.91 Å². The van der Waals surface area contributed by atoms with Crippen molar-refractivity contribution in [1.29, 1.82) is 0 Å². The molecule has 12 heavy (non-hydrogen) atoms. The number of aliphatic carboxylic acids is 1. The number of fused-ring (bicyclic) bond motifs is 1. The average molecular weight is 203 g/mol. The van der Waals surface area contributed by atoms with Gasteiger partial charge in [-0.3, -0.25) is 9.69 Å². The lowest BCUT2D eigenvalue weighted by molar-refractivity contribution is -0.145. The van der Waals surface area contributed by atoms with Crippen molar-refractivity contribution in [1.82, 2.24) is 4.90 Å². The molecule has 0 unspecified atom stereocenters. The van der Waals surface area contributed by atoms with Gasteiger partial charge in [0.25, 0.3) is 0 Å². The molecule has 64 valence electrons. The number of β-lactam (4-membered cyclic amide) rings is 1. The number of carbonyl (C=O) groups excluding carboxylic acids is 1. The summed E-state index contributed by atoms with van der Waals surface area (Å²) in [6.45, 7) is 0. The molecule has 1 amide bonds. The number of hydrogen-bond donors (Lipinski definition) is 1. The molecule has 2 aliphatic rings. The van der Waals surface area contributed by atoms with Crippen LogP contribution in [0.3, 0.4) is 0 Å². The van der Waals surface area contributed by atoms with Crippen molar-refractivity contribution in [2.24, 2.45) is 0 Å². The molecule has 0 spiro atoms. The van der Waals surface area contributed by atoms with Crippen LogP contribution < -0.4 is 0 Å². The van der Waals surface area contributed by atoms with E-state index < -0.39 is 5.97 Å². The van der Waals surface area contributed by atoms with Crippen LogP contribution in [-0.2, 0) is 9.59 Å². The van der Waals surface area contributed by atoms with E-state index in [2.05, 4.69) is 0 Å². The predicted octanol–water partition coefficient (Wildman–Crippen LogP) is 0.866. The van der Waals surface area contributed by atoms with Crippen molar-refractivity contribution >= 4 is 33.5 Å². The normalized spacial score (nSPS) is 27.3. The number of rotatable bonds is 1. The lowest BCUT2D eigenvalue weighted by atomic mass is 10.2. The van der Waals surface area contributed by atoms with Gasteiger partial charge < -0.3 is 5.11 Å². The lowest BCUT2D eigenvalue weighted by Gasteiger charge is -2.41. The first-order valence-electron chi connectivity index (χ1n) is 3.28. The summed E-state index contributed by atoms with van der Waals surface area (Å²) in [5.74, 6) is -1.12. The van der Waals surface area contributed by atoms with E-state index in [1.165, 1.54) is 31.9 Å². The summed E-state index contributed by atoms with van der Waals surface area (Å²) in [6.07, 6.45) is 0.461. The zero-order valence-electron chi connectivity index (χ0n) is 5.89. The van der Waals surface area contributed by atoms with Crippen LogP contribution in [0, 0.1) is 0 Å². The van der Waals surface area contributed by atoms with Crippen LogP contribution in [0.25, 0.3) is 0 Å². The fourth-order valence-electron chi connectivity index (χ4n) is 1.10. The molecule has 0 aromatic carbocycles. The second-order valence-corrected chi connectivity index (χ2v) is 4.74. The van der Waals surface area contributed by atoms with E-state index in [1.807, 2.05) is 0 Å². The van der Waals surface area contributed by atoms with Crippen LogP contribution in [0.1, 0.15) is 6.42 Å². The van der Waals surface area contributed by atoms with E-state index in [4.69, 9.17) is 5.11 Å². The molecule has 2 heterocycles. The highest BCUT2D eigenvalue weighted by atomic mass is 33.1. The van der Waals surface area contributed by atoms with Crippen molar-refractivity contribution < 1.29 is 14.7 Å². The summed E-state index contributed by atoms with van der Waals surface area (Å²) in [5, 5.41) is 10.2. The zero-order chi connectivity index (χ0) is 8.72. The fraction of sp³-hybridized carbons (Fsp3) is 0.333. The van der Waals surface area contributed by atoms with Crippen molar-refractivity contribution in [3.05, 3.63) is 11.1 Å². The first-order valence-corrected chi connectivity index (χ1v) is 5.55. The highest BCUT2D eigenvalue weighted by molar-refractivity contribution is 8.78. The van der Waals surface area contributed by atoms with Crippen molar-refractivity contribution in [3.63, 3.8) is 0 Å². The maximum Gasteiger partial charge on any atom is 0.353 e. The van der Waals surface area contributed by atoms with Crippen LogP contribution in [0.2, 0.25) is 0 Å². The topological polar surface area (TPSA) is 57.6 Å². The van der Waals surface area contributed by atoms with Crippen LogP contribution in [0.5, 0.6) is 0 Å². The minimum absolute atomic E-state index is 0.0404. The van der Waals surface area contributed by atoms with Gasteiger partial charge in [-0.2, -0.15) is 0 Å². The van der Waals surface area contributed by atoms with Crippen LogP contribution >= 0.6 is 21.6 Å². The Morgan fingerprint density at radius 1 is 1.75 bits per heavy atom. The molecular formula is C6H5NO3S2. The van der Waals surface area contributed by atoms with Gasteiger partial charge in [0, 0.05) is 5.41 Å². The van der Waals surface area contributed by atoms with Gasteiger partial charge >= 0.3 is 5.97 Å². The monoisotopic (exact) mass is 203 g/mol. The number of hydrogen-bond acceptors (Lipinski definition) is 4. The third-order valence-electron chi connectivity index (χ3n) is 1.71. The number of carbonyl (C=O) groups is 2. The Balaban J connectivity index is 2.26. The molecule has 2 aliphatic heterocycles. The molecule has 4 nitrogen and oxygen atoms in total. The molecule has 1 N–H and O–H groups in total. The highest BCUT2D eigenvalue weighted by Gasteiger charge is 2.43. The van der Waals surface area contributed by atoms with E-state index >= 15 is 0 Å². The van der Waals surface area contributed by atoms with E-state index in [-0.39, 0.29) is 17.0 Å². The zero-order valence-corrected chi connectivity index (χ0v) is 7.52. The Hall–Kier alpha value is -0.620. The van der Waals surface area contributed by atoms with Gasteiger partial charge in [0.05, 0.1) is 6.42 Å². The predicted molar refractivity (Wildman–Crippen MR) is 46.2 cm³/mol. The minimum Gasteiger partial charge on any atom is -0.477 e. The Kier molecular flexibility index (Phi) is 1.80. The lowest BCUT2D eigenvalue weighted by Crippen LogP contribution is -2.51. The molecule has 0 radical (unpaired) electrons. The van der Waals surface area contributed by atoms with Crippen molar-refractivity contribution in [2.75, 3.05) is 0 Å². The van der Waals surface area contributed by atoms with Gasteiger partial charge in [-0.05, 0) is 0 Å². The maximum atomic E-state index is 11.0. The molecule has 6 heteroatoms. The second-order valence-electron chi connectivity index (χ2n) is 2.42. The number of carboxylic acid groups (broad SMARTS) is 1. The number of amides is 1. The average Bonchev–Trinajstić information content (AvgIpc) is 2.01. The second kappa shape index (κ2) is 2.70. The molecule has 0 aromatic heterocycles. The van der Waals surface area contributed by atoms with E-state index in [1.54, 1.807) is 0 Å². The summed E-state index contributed by atoms with van der Waals surface area (Å²) in [7, 11) is 2.90. The molecule has 0 aromatic rings. The Labute approximate surface area is 76.4 Å². The van der Waals surface area contributed by atoms with Crippen molar-refractivity contribution in [2.45, 2.75) is 11.8 Å². The summed E-state index contributed by atoms with van der Waals surface area (Å²) in [5.41, 5.74) is 0.111. The Morgan fingerprint density at radius 3 is 3.00 bits per heavy atom. The first-order chi connectivity index (χ1) is 5.70. The third kappa shape index (κ3) is 1.02. The van der Waals surface area contributed by atoms with E-state index in [0.29, 0.717) is 6.42 Å². The number of carboxylic acids is 1. The van der Waals surface area contributed by atoms with Crippen LogP contribution in [-0.4, -0.2) is 27.3 Å². The molecule has 0 saturated carbocycles. The molecule has 0 aliphatic carbocycles. The standard InChI is InChI=1S/C6H5NO3S2/c8-4-1-5-7(4)3(6(9)10)2-11-12-5/h2,5H,1H2,(H,9,10)/t5-/m0/s1. The van der Waals surface area contributed by atoms with Gasteiger partial charge in [0.1, 0.15) is 11.1 Å². The molecule has 1 fully saturated rings. The molecule has 1 atom stereocenters. The van der Waals surface area contributed by atoms with Crippen molar-refractivity contribution in [3.8, 4) is 0 Å². The Bertz CT molecular complexity index is 289. The van der Waals surface area contributed by atoms with E-state index in [0.717, 1.165) is 0 Å². The molecule has 1 saturated heterocycles. The van der Waals surface area contributed by atoms with Crippen LogP contribution in [0.4, 0.5) is 0 Å². The smallest absolute Gasteiger partial charge is 0.353 e. The van der Waals surface area contributed by atoms with Gasteiger partial charge in [-0.1, -0.05) is 21.6 Å². The third-order valence-corrected chi connectivity index (χ3v) is 4.03. The maximum absolute atomic E-state index is 11.0. The molecular weight excluding hydrogens is 198 g/mol. The van der Waals surface area contributed by atoms with Crippen LogP contribution in [0.15, 0.2) is 11.1 Å². The van der Waals surface area contributed by atoms with Gasteiger partial charge in [-0.25, -0.2) is 4.79 Å². The SMILES string of the molecule is O=C(O)C1=CSS[C@H]2CC(=O)N12. The summed E-state index contributed by atoms with van der Waals surface area (Å²) >= 11 is 0. The fourth-order valence-corrected chi connectivity index (χ4v) is 3.41. The molecule has 0 bridgehead atoms. The highest BCUT2D eigenvalue weighted by Crippen LogP contribution is 2.45. The van der Waals surface area contributed by atoms with E-state index in [9.17, 15) is 9.59 Å². The summed E-state index contributed by atoms with van der Waals surface area (Å²) in [6, 6.07) is 0. The van der Waals surface area contributed by atoms with Gasteiger partial charge in [-0.15, -0.1) is 0 Å². The summed E-state index contributed by atoms with van der Waals surface area (Å²) < 4.78 is 0. The Morgan fingerprint density at radius 2 is 2.50 bits per heavy atom.